The van der Waals surface area contributed by atoms with Crippen molar-refractivity contribution in [1.29, 1.82) is 0 Å². The molecule has 1 aromatic rings. The summed E-state index contributed by atoms with van der Waals surface area (Å²) in [5.74, 6) is 4.08. The van der Waals surface area contributed by atoms with Crippen molar-refractivity contribution in [2.45, 2.75) is 70.3 Å². The Morgan fingerprint density at radius 1 is 1.17 bits per heavy atom. The van der Waals surface area contributed by atoms with Crippen molar-refractivity contribution in [3.8, 4) is 0 Å². The molecule has 5 aliphatic rings. The van der Waals surface area contributed by atoms with Crippen LogP contribution < -0.4 is 5.32 Å². The number of aryl methyl sites for hydroxylation is 2. The summed E-state index contributed by atoms with van der Waals surface area (Å²) in [6.45, 7) is 2.00. The molecule has 1 atom stereocenters. The lowest BCUT2D eigenvalue weighted by Crippen LogP contribution is -2.60. The highest BCUT2D eigenvalue weighted by Crippen LogP contribution is 2.55. The lowest BCUT2D eigenvalue weighted by Gasteiger charge is -2.57. The van der Waals surface area contributed by atoms with Gasteiger partial charge in [0.05, 0.1) is 5.69 Å². The van der Waals surface area contributed by atoms with Crippen molar-refractivity contribution in [2.24, 2.45) is 23.7 Å². The Balaban J connectivity index is 1.31. The number of carbonyl (C=O) groups is 1. The summed E-state index contributed by atoms with van der Waals surface area (Å²) >= 11 is 0. The second kappa shape index (κ2) is 4.84. The van der Waals surface area contributed by atoms with Gasteiger partial charge in [-0.1, -0.05) is 0 Å². The lowest BCUT2D eigenvalue weighted by atomic mass is 9.53. The van der Waals surface area contributed by atoms with Gasteiger partial charge in [-0.05, 0) is 76.0 Å². The van der Waals surface area contributed by atoms with Crippen LogP contribution in [0.15, 0.2) is 0 Å². The second-order valence-corrected chi connectivity index (χ2v) is 8.87. The number of fused-ring (bicyclic) bond motifs is 1. The number of hydrogen-bond acceptors (Lipinski definition) is 2. The van der Waals surface area contributed by atoms with Crippen molar-refractivity contribution >= 4 is 5.91 Å². The van der Waals surface area contributed by atoms with Crippen LogP contribution in [-0.4, -0.2) is 21.4 Å². The maximum absolute atomic E-state index is 13.0. The van der Waals surface area contributed by atoms with Crippen LogP contribution in [0.4, 0.5) is 0 Å². The zero-order valence-corrected chi connectivity index (χ0v) is 14.0. The molecule has 4 saturated carbocycles. The molecule has 5 aliphatic carbocycles. The topological polar surface area (TPSA) is 57.8 Å². The van der Waals surface area contributed by atoms with Crippen LogP contribution in [-0.2, 0) is 17.6 Å². The van der Waals surface area contributed by atoms with Gasteiger partial charge in [0.2, 0.25) is 5.91 Å². The molecule has 6 rings (SSSR count). The van der Waals surface area contributed by atoms with E-state index in [0.717, 1.165) is 42.8 Å². The molecular formula is C19H27N3O. The third-order valence-electron chi connectivity index (χ3n) is 6.96. The Labute approximate surface area is 137 Å². The SMILES string of the molecule is Cc1nc2c([nH]1)CC(C(=O)NC13CC4CC(CC(C4)C1)C3)CC2. The molecular weight excluding hydrogens is 286 g/mol. The van der Waals surface area contributed by atoms with Gasteiger partial charge in [-0.15, -0.1) is 0 Å². The number of nitrogens with zero attached hydrogens (tertiary/aromatic N) is 1. The predicted molar refractivity (Wildman–Crippen MR) is 87.9 cm³/mol. The highest BCUT2D eigenvalue weighted by molar-refractivity contribution is 5.80. The summed E-state index contributed by atoms with van der Waals surface area (Å²) in [5.41, 5.74) is 2.52. The molecule has 124 valence electrons. The first-order valence-corrected chi connectivity index (χ1v) is 9.45. The van der Waals surface area contributed by atoms with Gasteiger partial charge >= 0.3 is 0 Å². The summed E-state index contributed by atoms with van der Waals surface area (Å²) in [4.78, 5) is 20.8. The Morgan fingerprint density at radius 2 is 1.83 bits per heavy atom. The van der Waals surface area contributed by atoms with Gasteiger partial charge in [-0.2, -0.15) is 0 Å². The maximum Gasteiger partial charge on any atom is 0.223 e. The molecule has 4 bridgehead atoms. The highest BCUT2D eigenvalue weighted by Gasteiger charge is 2.51. The van der Waals surface area contributed by atoms with Gasteiger partial charge in [-0.3, -0.25) is 4.79 Å². The molecule has 23 heavy (non-hydrogen) atoms. The number of imidazole rings is 1. The van der Waals surface area contributed by atoms with Gasteiger partial charge in [0, 0.05) is 23.6 Å². The standard InChI is InChI=1S/C19H27N3O/c1-11-20-16-3-2-15(7-17(16)21-11)18(23)22-19-8-12-4-13(9-19)6-14(5-12)10-19/h12-15H,2-10H2,1H3,(H,20,21)(H,22,23). The molecule has 0 aliphatic heterocycles. The third kappa shape index (κ3) is 2.33. The lowest BCUT2D eigenvalue weighted by molar-refractivity contribution is -0.131. The fourth-order valence-corrected chi connectivity index (χ4v) is 6.47. The fraction of sp³-hybridized carbons (Fsp3) is 0.789. The summed E-state index contributed by atoms with van der Waals surface area (Å²) in [6, 6.07) is 0. The van der Waals surface area contributed by atoms with Crippen molar-refractivity contribution in [2.75, 3.05) is 0 Å². The van der Waals surface area contributed by atoms with Crippen LogP contribution in [0, 0.1) is 30.6 Å². The van der Waals surface area contributed by atoms with Gasteiger partial charge < -0.3 is 10.3 Å². The van der Waals surface area contributed by atoms with Crippen LogP contribution in [0.3, 0.4) is 0 Å². The summed E-state index contributed by atoms with van der Waals surface area (Å²) in [6.07, 6.45) is 10.7. The monoisotopic (exact) mass is 313 g/mol. The highest BCUT2D eigenvalue weighted by atomic mass is 16.2. The average molecular weight is 313 g/mol. The largest absolute Gasteiger partial charge is 0.350 e. The number of rotatable bonds is 2. The fourth-order valence-electron chi connectivity index (χ4n) is 6.47. The number of aromatic nitrogens is 2. The normalized spacial score (nSPS) is 40.9. The molecule has 0 radical (unpaired) electrons. The van der Waals surface area contributed by atoms with Crippen LogP contribution in [0.2, 0.25) is 0 Å². The zero-order valence-electron chi connectivity index (χ0n) is 14.0. The molecule has 0 saturated heterocycles. The number of nitrogens with one attached hydrogen (secondary N) is 2. The first-order chi connectivity index (χ1) is 11.1. The van der Waals surface area contributed by atoms with Crippen molar-refractivity contribution in [3.05, 3.63) is 17.2 Å². The van der Waals surface area contributed by atoms with Crippen LogP contribution in [0.5, 0.6) is 0 Å². The van der Waals surface area contributed by atoms with Crippen molar-refractivity contribution < 1.29 is 4.79 Å². The summed E-state index contributed by atoms with van der Waals surface area (Å²) in [7, 11) is 0. The Hall–Kier alpha value is -1.32. The Kier molecular flexibility index (Phi) is 2.96. The molecule has 4 heteroatoms. The second-order valence-electron chi connectivity index (χ2n) is 8.87. The number of amides is 1. The molecule has 2 N–H and O–H groups in total. The minimum atomic E-state index is 0.135. The molecule has 1 heterocycles. The van der Waals surface area contributed by atoms with Gasteiger partial charge in [0.1, 0.15) is 5.82 Å². The van der Waals surface area contributed by atoms with Crippen LogP contribution in [0.25, 0.3) is 0 Å². The van der Waals surface area contributed by atoms with E-state index in [0.29, 0.717) is 5.91 Å². The van der Waals surface area contributed by atoms with E-state index >= 15 is 0 Å². The Morgan fingerprint density at radius 3 is 2.48 bits per heavy atom. The van der Waals surface area contributed by atoms with Crippen LogP contribution in [0.1, 0.15) is 62.2 Å². The van der Waals surface area contributed by atoms with E-state index in [9.17, 15) is 4.79 Å². The van der Waals surface area contributed by atoms with Crippen molar-refractivity contribution in [1.82, 2.24) is 15.3 Å². The quantitative estimate of drug-likeness (QED) is 0.882. The van der Waals surface area contributed by atoms with E-state index < -0.39 is 0 Å². The molecule has 0 aromatic carbocycles. The van der Waals surface area contributed by atoms with Gasteiger partial charge in [0.25, 0.3) is 0 Å². The molecule has 4 nitrogen and oxygen atoms in total. The van der Waals surface area contributed by atoms with E-state index in [-0.39, 0.29) is 11.5 Å². The summed E-state index contributed by atoms with van der Waals surface area (Å²) < 4.78 is 0. The molecule has 0 spiro atoms. The maximum atomic E-state index is 13.0. The number of hydrogen-bond donors (Lipinski definition) is 2. The van der Waals surface area contributed by atoms with E-state index in [1.54, 1.807) is 0 Å². The Bertz CT molecular complexity index is 612. The van der Waals surface area contributed by atoms with Gasteiger partial charge in [0.15, 0.2) is 0 Å². The van der Waals surface area contributed by atoms with E-state index in [2.05, 4.69) is 15.3 Å². The summed E-state index contributed by atoms with van der Waals surface area (Å²) in [5, 5.41) is 3.56. The first-order valence-electron chi connectivity index (χ1n) is 9.45. The molecule has 1 aromatic heterocycles. The molecule has 1 amide bonds. The predicted octanol–water partition coefficient (Wildman–Crippen LogP) is 2.91. The molecule has 4 fully saturated rings. The molecule has 1 unspecified atom stereocenters. The van der Waals surface area contributed by atoms with Gasteiger partial charge in [-0.25, -0.2) is 4.98 Å². The minimum Gasteiger partial charge on any atom is -0.350 e. The van der Waals surface area contributed by atoms with Crippen molar-refractivity contribution in [3.63, 3.8) is 0 Å². The van der Waals surface area contributed by atoms with E-state index in [4.69, 9.17) is 0 Å². The number of H-pyrrole nitrogens is 1. The number of aromatic amines is 1. The third-order valence-corrected chi connectivity index (χ3v) is 6.96. The van der Waals surface area contributed by atoms with E-state index in [1.807, 2.05) is 6.92 Å². The number of carbonyl (C=O) groups excluding carboxylic acids is 1. The first kappa shape index (κ1) is 14.1. The average Bonchev–Trinajstić information content (AvgIpc) is 2.84. The van der Waals surface area contributed by atoms with E-state index in [1.165, 1.54) is 49.9 Å². The van der Waals surface area contributed by atoms with Crippen LogP contribution >= 0.6 is 0 Å². The smallest absolute Gasteiger partial charge is 0.223 e. The minimum absolute atomic E-state index is 0.135. The zero-order chi connectivity index (χ0) is 15.6.